The SMILES string of the molecule is O=C(NCc1nn[nH]n1)c1cccn1C1CC1. The standard InChI is InChI=1S/C10H12N6O/c17-10(11-6-9-12-14-15-13-9)8-2-1-5-16(8)7-3-4-7/h1-2,5,7H,3-4,6H2,(H,11,17)(H,12,13,14,15). The maximum atomic E-state index is 11.9. The molecule has 88 valence electrons. The molecule has 17 heavy (non-hydrogen) atoms. The molecule has 1 fully saturated rings. The van der Waals surface area contributed by atoms with Gasteiger partial charge in [-0.05, 0) is 25.0 Å². The summed E-state index contributed by atoms with van der Waals surface area (Å²) >= 11 is 0. The monoisotopic (exact) mass is 232 g/mol. The van der Waals surface area contributed by atoms with E-state index in [4.69, 9.17) is 0 Å². The van der Waals surface area contributed by atoms with Crippen LogP contribution in [0, 0.1) is 0 Å². The molecule has 2 aromatic rings. The van der Waals surface area contributed by atoms with Gasteiger partial charge in [0.1, 0.15) is 5.69 Å². The summed E-state index contributed by atoms with van der Waals surface area (Å²) in [7, 11) is 0. The second-order valence-electron chi connectivity index (χ2n) is 4.04. The fourth-order valence-electron chi connectivity index (χ4n) is 1.76. The number of carbonyl (C=O) groups excluding carboxylic acids is 1. The number of nitrogens with one attached hydrogen (secondary N) is 2. The van der Waals surface area contributed by atoms with E-state index in [1.165, 1.54) is 0 Å². The molecule has 0 unspecified atom stereocenters. The van der Waals surface area contributed by atoms with E-state index >= 15 is 0 Å². The van der Waals surface area contributed by atoms with Crippen molar-refractivity contribution < 1.29 is 4.79 Å². The molecule has 1 amide bonds. The third-order valence-corrected chi connectivity index (χ3v) is 2.75. The number of aromatic nitrogens is 5. The summed E-state index contributed by atoms with van der Waals surface area (Å²) in [6.07, 6.45) is 4.25. The normalized spacial score (nSPS) is 14.8. The van der Waals surface area contributed by atoms with Crippen molar-refractivity contribution in [1.29, 1.82) is 0 Å². The predicted molar refractivity (Wildman–Crippen MR) is 58.1 cm³/mol. The Balaban J connectivity index is 1.67. The van der Waals surface area contributed by atoms with E-state index in [9.17, 15) is 4.79 Å². The van der Waals surface area contributed by atoms with E-state index in [1.54, 1.807) is 0 Å². The molecule has 0 bridgehead atoms. The van der Waals surface area contributed by atoms with Gasteiger partial charge in [0.25, 0.3) is 5.91 Å². The van der Waals surface area contributed by atoms with Gasteiger partial charge in [0.15, 0.2) is 5.82 Å². The Hall–Kier alpha value is -2.18. The van der Waals surface area contributed by atoms with Gasteiger partial charge in [0, 0.05) is 12.2 Å². The van der Waals surface area contributed by atoms with Crippen molar-refractivity contribution in [1.82, 2.24) is 30.5 Å². The van der Waals surface area contributed by atoms with E-state index < -0.39 is 0 Å². The third kappa shape index (κ3) is 2.03. The molecule has 0 spiro atoms. The topological polar surface area (TPSA) is 88.5 Å². The van der Waals surface area contributed by atoms with Gasteiger partial charge in [0.2, 0.25) is 0 Å². The number of H-pyrrole nitrogens is 1. The van der Waals surface area contributed by atoms with Crippen molar-refractivity contribution in [3.8, 4) is 0 Å². The van der Waals surface area contributed by atoms with E-state index in [1.807, 2.05) is 22.9 Å². The number of aromatic amines is 1. The zero-order valence-electron chi connectivity index (χ0n) is 9.13. The van der Waals surface area contributed by atoms with Crippen LogP contribution in [0.1, 0.15) is 35.2 Å². The van der Waals surface area contributed by atoms with Crippen LogP contribution in [0.3, 0.4) is 0 Å². The van der Waals surface area contributed by atoms with Crippen LogP contribution in [0.5, 0.6) is 0 Å². The molecule has 1 aliphatic rings. The van der Waals surface area contributed by atoms with Crippen LogP contribution in [-0.2, 0) is 6.54 Å². The lowest BCUT2D eigenvalue weighted by molar-refractivity contribution is 0.0940. The number of rotatable bonds is 4. The van der Waals surface area contributed by atoms with E-state index in [-0.39, 0.29) is 12.5 Å². The summed E-state index contributed by atoms with van der Waals surface area (Å²) in [6, 6.07) is 4.21. The molecule has 1 saturated carbocycles. The zero-order valence-corrected chi connectivity index (χ0v) is 9.13. The molecule has 1 aliphatic carbocycles. The number of hydrogen-bond acceptors (Lipinski definition) is 4. The quantitative estimate of drug-likeness (QED) is 0.791. The molecular weight excluding hydrogens is 220 g/mol. The highest BCUT2D eigenvalue weighted by atomic mass is 16.1. The van der Waals surface area contributed by atoms with Crippen LogP contribution in [0.2, 0.25) is 0 Å². The molecule has 2 N–H and O–H groups in total. The van der Waals surface area contributed by atoms with Crippen LogP contribution >= 0.6 is 0 Å². The molecule has 2 heterocycles. The summed E-state index contributed by atoms with van der Waals surface area (Å²) in [6.45, 7) is 0.283. The molecule has 0 aromatic carbocycles. The zero-order chi connectivity index (χ0) is 11.7. The lowest BCUT2D eigenvalue weighted by Gasteiger charge is -2.07. The Morgan fingerprint density at radius 1 is 1.59 bits per heavy atom. The Morgan fingerprint density at radius 2 is 2.47 bits per heavy atom. The molecule has 7 heteroatoms. The van der Waals surface area contributed by atoms with Gasteiger partial charge in [0.05, 0.1) is 6.54 Å². The van der Waals surface area contributed by atoms with E-state index in [2.05, 4.69) is 25.9 Å². The highest BCUT2D eigenvalue weighted by Gasteiger charge is 2.26. The summed E-state index contributed by atoms with van der Waals surface area (Å²) < 4.78 is 2.02. The van der Waals surface area contributed by atoms with Gasteiger partial charge in [-0.3, -0.25) is 4.79 Å². The van der Waals surface area contributed by atoms with Gasteiger partial charge in [-0.15, -0.1) is 10.2 Å². The van der Waals surface area contributed by atoms with E-state index in [0.717, 1.165) is 12.8 Å². The second-order valence-corrected chi connectivity index (χ2v) is 4.04. The number of hydrogen-bond donors (Lipinski definition) is 2. The summed E-state index contributed by atoms with van der Waals surface area (Å²) in [4.78, 5) is 11.9. The average Bonchev–Trinajstić information content (AvgIpc) is 2.88. The third-order valence-electron chi connectivity index (χ3n) is 2.75. The van der Waals surface area contributed by atoms with Crippen LogP contribution < -0.4 is 5.32 Å². The van der Waals surface area contributed by atoms with Crippen molar-refractivity contribution in [2.75, 3.05) is 0 Å². The van der Waals surface area contributed by atoms with Gasteiger partial charge < -0.3 is 9.88 Å². The first-order chi connectivity index (χ1) is 8.34. The van der Waals surface area contributed by atoms with Gasteiger partial charge in [-0.2, -0.15) is 5.21 Å². The second kappa shape index (κ2) is 4.00. The molecule has 2 aromatic heterocycles. The summed E-state index contributed by atoms with van der Waals surface area (Å²) in [5.74, 6) is 0.370. The highest BCUT2D eigenvalue weighted by molar-refractivity contribution is 5.92. The molecule has 3 rings (SSSR count). The van der Waals surface area contributed by atoms with Crippen molar-refractivity contribution in [3.05, 3.63) is 29.8 Å². The lowest BCUT2D eigenvalue weighted by atomic mass is 10.4. The highest BCUT2D eigenvalue weighted by Crippen LogP contribution is 2.35. The van der Waals surface area contributed by atoms with Gasteiger partial charge in [-0.25, -0.2) is 0 Å². The maximum absolute atomic E-state index is 11.9. The molecule has 0 saturated heterocycles. The average molecular weight is 232 g/mol. The van der Waals surface area contributed by atoms with Crippen molar-refractivity contribution in [3.63, 3.8) is 0 Å². The first kappa shape index (κ1) is 10.0. The van der Waals surface area contributed by atoms with Crippen LogP contribution in [0.25, 0.3) is 0 Å². The van der Waals surface area contributed by atoms with Gasteiger partial charge in [-0.1, -0.05) is 5.21 Å². The Labute approximate surface area is 97.2 Å². The first-order valence-corrected chi connectivity index (χ1v) is 5.52. The predicted octanol–water partition coefficient (Wildman–Crippen LogP) is 0.266. The van der Waals surface area contributed by atoms with Crippen molar-refractivity contribution >= 4 is 5.91 Å². The van der Waals surface area contributed by atoms with Crippen LogP contribution in [-0.4, -0.2) is 31.1 Å². The Bertz CT molecular complexity index is 513. The smallest absolute Gasteiger partial charge is 0.268 e. The maximum Gasteiger partial charge on any atom is 0.268 e. The first-order valence-electron chi connectivity index (χ1n) is 5.52. The largest absolute Gasteiger partial charge is 0.343 e. The fraction of sp³-hybridized carbons (Fsp3) is 0.400. The minimum absolute atomic E-state index is 0.105. The number of nitrogens with zero attached hydrogens (tertiary/aromatic N) is 4. The summed E-state index contributed by atoms with van der Waals surface area (Å²) in [5.41, 5.74) is 0.691. The Morgan fingerprint density at radius 3 is 3.18 bits per heavy atom. The molecular formula is C10H12N6O. The summed E-state index contributed by atoms with van der Waals surface area (Å²) in [5, 5.41) is 16.1. The van der Waals surface area contributed by atoms with Crippen molar-refractivity contribution in [2.24, 2.45) is 0 Å². The number of amides is 1. The van der Waals surface area contributed by atoms with Crippen LogP contribution in [0.4, 0.5) is 0 Å². The minimum atomic E-state index is -0.105. The minimum Gasteiger partial charge on any atom is -0.343 e. The number of tetrazole rings is 1. The Kier molecular flexibility index (Phi) is 2.36. The molecule has 7 nitrogen and oxygen atoms in total. The van der Waals surface area contributed by atoms with Crippen molar-refractivity contribution in [2.45, 2.75) is 25.4 Å². The number of carbonyl (C=O) groups is 1. The molecule has 0 atom stereocenters. The fourth-order valence-corrected chi connectivity index (χ4v) is 1.76. The molecule has 0 radical (unpaired) electrons. The van der Waals surface area contributed by atoms with Crippen LogP contribution in [0.15, 0.2) is 18.3 Å². The molecule has 0 aliphatic heterocycles. The van der Waals surface area contributed by atoms with Gasteiger partial charge >= 0.3 is 0 Å². The lowest BCUT2D eigenvalue weighted by Crippen LogP contribution is -2.25. The van der Waals surface area contributed by atoms with E-state index in [0.29, 0.717) is 17.6 Å².